The Hall–Kier alpha value is -2.49. The van der Waals surface area contributed by atoms with Crippen molar-refractivity contribution in [1.29, 1.82) is 0 Å². The van der Waals surface area contributed by atoms with Gasteiger partial charge in [0.2, 0.25) is 0 Å². The van der Waals surface area contributed by atoms with Crippen molar-refractivity contribution in [3.63, 3.8) is 0 Å². The summed E-state index contributed by atoms with van der Waals surface area (Å²) >= 11 is 0. The van der Waals surface area contributed by atoms with Gasteiger partial charge in [0.05, 0.1) is 11.5 Å². The van der Waals surface area contributed by atoms with Gasteiger partial charge in [-0.15, -0.1) is 0 Å². The maximum Gasteiger partial charge on any atom is 0.308 e. The number of rotatable bonds is 3. The van der Waals surface area contributed by atoms with E-state index >= 15 is 0 Å². The summed E-state index contributed by atoms with van der Waals surface area (Å²) in [6, 6.07) is 9.55. The van der Waals surface area contributed by atoms with Crippen molar-refractivity contribution in [2.75, 3.05) is 0 Å². The number of carbonyl (C=O) groups is 1. The summed E-state index contributed by atoms with van der Waals surface area (Å²) in [5.74, 6) is 0.805. The van der Waals surface area contributed by atoms with E-state index in [4.69, 9.17) is 13.9 Å². The molecule has 1 heterocycles. The Morgan fingerprint density at radius 3 is 2.59 bits per heavy atom. The molecule has 2 aromatic carbocycles. The lowest BCUT2D eigenvalue weighted by Crippen LogP contribution is -2.09. The minimum absolute atomic E-state index is 0.0192. The first-order valence-electron chi connectivity index (χ1n) is 7.27. The topological polar surface area (TPSA) is 48.7 Å². The van der Waals surface area contributed by atoms with Crippen LogP contribution in [0.4, 0.5) is 0 Å². The van der Waals surface area contributed by atoms with Crippen LogP contribution in [-0.2, 0) is 4.79 Å². The van der Waals surface area contributed by atoms with E-state index in [0.717, 1.165) is 21.9 Å². The molecule has 0 aliphatic rings. The van der Waals surface area contributed by atoms with Crippen molar-refractivity contribution in [1.82, 2.24) is 0 Å². The predicted molar refractivity (Wildman–Crippen MR) is 85.5 cm³/mol. The molecular weight excluding hydrogens is 280 g/mol. The van der Waals surface area contributed by atoms with Crippen LogP contribution in [0.1, 0.15) is 26.3 Å². The molecule has 0 fully saturated rings. The molecule has 22 heavy (non-hydrogen) atoms. The Labute approximate surface area is 128 Å². The van der Waals surface area contributed by atoms with Crippen LogP contribution < -0.4 is 9.47 Å². The van der Waals surface area contributed by atoms with Gasteiger partial charge in [-0.1, -0.05) is 18.2 Å². The number of fused-ring (bicyclic) bond motifs is 3. The first-order valence-corrected chi connectivity index (χ1v) is 7.27. The summed E-state index contributed by atoms with van der Waals surface area (Å²) < 4.78 is 17.2. The number of hydrogen-bond acceptors (Lipinski definition) is 4. The van der Waals surface area contributed by atoms with Crippen molar-refractivity contribution in [2.45, 2.75) is 33.8 Å². The van der Waals surface area contributed by atoms with Crippen molar-refractivity contribution in [3.05, 3.63) is 35.9 Å². The summed E-state index contributed by atoms with van der Waals surface area (Å²) in [6.07, 6.45) is 0.0192. The van der Waals surface area contributed by atoms with Crippen LogP contribution in [0.25, 0.3) is 21.9 Å². The Kier molecular flexibility index (Phi) is 3.53. The molecule has 0 spiro atoms. The zero-order valence-corrected chi connectivity index (χ0v) is 13.1. The normalized spacial score (nSPS) is 11.3. The lowest BCUT2D eigenvalue weighted by atomic mass is 10.1. The fourth-order valence-corrected chi connectivity index (χ4v) is 2.57. The summed E-state index contributed by atoms with van der Waals surface area (Å²) in [5, 5.41) is 1.73. The highest BCUT2D eigenvalue weighted by Gasteiger charge is 2.20. The number of ether oxygens (including phenoxy) is 2. The highest BCUT2D eigenvalue weighted by molar-refractivity contribution is 6.10. The van der Waals surface area contributed by atoms with Crippen LogP contribution in [0.2, 0.25) is 0 Å². The number of furan rings is 1. The summed E-state index contributed by atoms with van der Waals surface area (Å²) in [4.78, 5) is 11.5. The maximum absolute atomic E-state index is 11.5. The van der Waals surface area contributed by atoms with Gasteiger partial charge in [0.1, 0.15) is 22.7 Å². The van der Waals surface area contributed by atoms with Crippen LogP contribution in [0.5, 0.6) is 11.5 Å². The van der Waals surface area contributed by atoms with Gasteiger partial charge >= 0.3 is 5.97 Å². The molecule has 0 bridgehead atoms. The summed E-state index contributed by atoms with van der Waals surface area (Å²) in [6.45, 7) is 7.18. The van der Waals surface area contributed by atoms with E-state index in [0.29, 0.717) is 17.1 Å². The van der Waals surface area contributed by atoms with Gasteiger partial charge < -0.3 is 13.9 Å². The number of benzene rings is 2. The molecule has 0 saturated heterocycles. The third kappa shape index (κ3) is 2.41. The Morgan fingerprint density at radius 1 is 1.18 bits per heavy atom. The Bertz CT molecular complexity index is 858. The maximum atomic E-state index is 11.5. The lowest BCUT2D eigenvalue weighted by Gasteiger charge is -2.15. The molecular formula is C18H18O4. The van der Waals surface area contributed by atoms with E-state index in [1.807, 2.05) is 51.1 Å². The Balaban J connectivity index is 2.36. The van der Waals surface area contributed by atoms with Crippen molar-refractivity contribution in [2.24, 2.45) is 0 Å². The zero-order valence-electron chi connectivity index (χ0n) is 13.1. The van der Waals surface area contributed by atoms with Gasteiger partial charge in [-0.2, -0.15) is 0 Å². The number of hydrogen-bond donors (Lipinski definition) is 0. The van der Waals surface area contributed by atoms with E-state index in [1.165, 1.54) is 6.92 Å². The minimum atomic E-state index is -0.364. The van der Waals surface area contributed by atoms with E-state index in [1.54, 1.807) is 0 Å². The summed E-state index contributed by atoms with van der Waals surface area (Å²) in [7, 11) is 0. The molecule has 3 aromatic rings. The van der Waals surface area contributed by atoms with Crippen LogP contribution in [0.3, 0.4) is 0 Å². The van der Waals surface area contributed by atoms with Crippen LogP contribution in [0, 0.1) is 6.92 Å². The van der Waals surface area contributed by atoms with E-state index < -0.39 is 0 Å². The monoisotopic (exact) mass is 298 g/mol. The highest BCUT2D eigenvalue weighted by Crippen LogP contribution is 2.42. The molecule has 0 N–H and O–H groups in total. The van der Waals surface area contributed by atoms with Gasteiger partial charge in [0.25, 0.3) is 0 Å². The van der Waals surface area contributed by atoms with Gasteiger partial charge in [-0.05, 0) is 26.8 Å². The fourth-order valence-electron chi connectivity index (χ4n) is 2.57. The lowest BCUT2D eigenvalue weighted by molar-refractivity contribution is -0.131. The molecule has 1 aromatic heterocycles. The second-order valence-corrected chi connectivity index (χ2v) is 5.56. The minimum Gasteiger partial charge on any atom is -0.490 e. The van der Waals surface area contributed by atoms with Gasteiger partial charge in [0, 0.05) is 23.9 Å². The number of esters is 1. The fraction of sp³-hybridized carbons (Fsp3) is 0.278. The largest absolute Gasteiger partial charge is 0.490 e. The number of carbonyl (C=O) groups excluding carboxylic acids is 1. The molecule has 4 heteroatoms. The average Bonchev–Trinajstić information content (AvgIpc) is 2.80. The number of para-hydroxylation sites is 1. The molecule has 0 saturated carbocycles. The molecule has 0 unspecified atom stereocenters. The first kappa shape index (κ1) is 14.4. The molecule has 4 nitrogen and oxygen atoms in total. The molecule has 3 rings (SSSR count). The molecule has 114 valence electrons. The predicted octanol–water partition coefficient (Wildman–Crippen LogP) is 4.61. The molecule has 0 aliphatic heterocycles. The zero-order chi connectivity index (χ0) is 15.9. The standard InChI is InChI=1S/C18H18O4/c1-10(2)20-15-9-16-17(18(11(15)3)21-12(4)19)13-7-5-6-8-14(13)22-16/h5-10H,1-4H3. The third-order valence-electron chi connectivity index (χ3n) is 3.43. The molecule has 0 atom stereocenters. The van der Waals surface area contributed by atoms with Gasteiger partial charge in [0.15, 0.2) is 0 Å². The average molecular weight is 298 g/mol. The van der Waals surface area contributed by atoms with Crippen LogP contribution in [-0.4, -0.2) is 12.1 Å². The first-order chi connectivity index (χ1) is 10.5. The second-order valence-electron chi connectivity index (χ2n) is 5.56. The van der Waals surface area contributed by atoms with Crippen molar-refractivity contribution >= 4 is 27.9 Å². The molecule has 0 aliphatic carbocycles. The smallest absolute Gasteiger partial charge is 0.308 e. The second kappa shape index (κ2) is 5.37. The quantitative estimate of drug-likeness (QED) is 0.523. The van der Waals surface area contributed by atoms with Crippen molar-refractivity contribution < 1.29 is 18.7 Å². The SMILES string of the molecule is CC(=O)Oc1c(C)c(OC(C)C)cc2oc3ccccc3c12. The molecule has 0 radical (unpaired) electrons. The van der Waals surface area contributed by atoms with E-state index in [9.17, 15) is 4.79 Å². The molecule has 0 amide bonds. The third-order valence-corrected chi connectivity index (χ3v) is 3.43. The van der Waals surface area contributed by atoms with Crippen LogP contribution >= 0.6 is 0 Å². The van der Waals surface area contributed by atoms with Gasteiger partial charge in [-0.3, -0.25) is 4.79 Å². The summed E-state index contributed by atoms with van der Waals surface area (Å²) in [5.41, 5.74) is 2.20. The van der Waals surface area contributed by atoms with E-state index in [2.05, 4.69) is 0 Å². The van der Waals surface area contributed by atoms with Crippen LogP contribution in [0.15, 0.2) is 34.7 Å². The highest BCUT2D eigenvalue weighted by atomic mass is 16.5. The van der Waals surface area contributed by atoms with Gasteiger partial charge in [-0.25, -0.2) is 0 Å². The van der Waals surface area contributed by atoms with E-state index in [-0.39, 0.29) is 12.1 Å². The van der Waals surface area contributed by atoms with Crippen molar-refractivity contribution in [3.8, 4) is 11.5 Å². The Morgan fingerprint density at radius 2 is 1.91 bits per heavy atom.